The molecule has 1 fully saturated rings. The number of aromatic nitrogens is 2. The van der Waals surface area contributed by atoms with Crippen LogP contribution < -0.4 is 10.6 Å². The Morgan fingerprint density at radius 3 is 2.59 bits per heavy atom. The van der Waals surface area contributed by atoms with Crippen molar-refractivity contribution in [2.45, 2.75) is 12.8 Å². The van der Waals surface area contributed by atoms with E-state index in [2.05, 4.69) is 20.8 Å². The molecule has 0 spiro atoms. The van der Waals surface area contributed by atoms with Crippen molar-refractivity contribution in [2.24, 2.45) is 11.7 Å². The number of hydrogen-bond donors (Lipinski definition) is 1. The minimum Gasteiger partial charge on any atom is -0.364 e. The van der Waals surface area contributed by atoms with Gasteiger partial charge in [-0.25, -0.2) is 9.97 Å². The second kappa shape index (κ2) is 4.83. The Morgan fingerprint density at radius 1 is 1.41 bits per heavy atom. The zero-order valence-electron chi connectivity index (χ0n) is 9.47. The van der Waals surface area contributed by atoms with Gasteiger partial charge in [0, 0.05) is 19.0 Å². The molecular formula is C12H14N4O. The molecule has 0 aliphatic carbocycles. The average Bonchev–Trinajstić information content (AvgIpc) is 2.39. The summed E-state index contributed by atoms with van der Waals surface area (Å²) < 4.78 is 0. The van der Waals surface area contributed by atoms with Gasteiger partial charge in [0.25, 0.3) is 5.91 Å². The van der Waals surface area contributed by atoms with E-state index < -0.39 is 5.91 Å². The molecule has 0 aromatic carbocycles. The SMILES string of the molecule is C#CC1CCN(c2cnc(C(N)=O)cn2)CC1. The van der Waals surface area contributed by atoms with Crippen molar-refractivity contribution in [1.82, 2.24) is 9.97 Å². The molecule has 5 heteroatoms. The predicted molar refractivity (Wildman–Crippen MR) is 64.3 cm³/mol. The number of carbonyl (C=O) groups excluding carboxylic acids is 1. The van der Waals surface area contributed by atoms with Crippen molar-refractivity contribution in [3.63, 3.8) is 0 Å². The lowest BCUT2D eigenvalue weighted by Gasteiger charge is -2.30. The predicted octanol–water partition coefficient (Wildman–Crippen LogP) is 0.425. The summed E-state index contributed by atoms with van der Waals surface area (Å²) in [5, 5.41) is 0. The fraction of sp³-hybridized carbons (Fsp3) is 0.417. The lowest BCUT2D eigenvalue weighted by molar-refractivity contribution is 0.0995. The van der Waals surface area contributed by atoms with Crippen molar-refractivity contribution < 1.29 is 4.79 Å². The zero-order chi connectivity index (χ0) is 12.3. The molecule has 1 aromatic rings. The highest BCUT2D eigenvalue weighted by molar-refractivity contribution is 5.90. The fourth-order valence-corrected chi connectivity index (χ4v) is 1.89. The molecule has 1 aliphatic heterocycles. The number of nitrogens with zero attached hydrogens (tertiary/aromatic N) is 3. The van der Waals surface area contributed by atoms with Gasteiger partial charge in [-0.1, -0.05) is 0 Å². The molecule has 1 aliphatic rings. The van der Waals surface area contributed by atoms with Crippen LogP contribution in [0.2, 0.25) is 0 Å². The van der Waals surface area contributed by atoms with Gasteiger partial charge in [0.15, 0.2) is 0 Å². The number of primary amides is 1. The number of nitrogens with two attached hydrogens (primary N) is 1. The zero-order valence-corrected chi connectivity index (χ0v) is 9.47. The maximum atomic E-state index is 10.9. The van der Waals surface area contributed by atoms with Gasteiger partial charge in [-0.3, -0.25) is 4.79 Å². The third kappa shape index (κ3) is 2.53. The Balaban J connectivity index is 2.04. The van der Waals surface area contributed by atoms with Crippen molar-refractivity contribution in [1.29, 1.82) is 0 Å². The second-order valence-corrected chi connectivity index (χ2v) is 4.05. The van der Waals surface area contributed by atoms with E-state index >= 15 is 0 Å². The van der Waals surface area contributed by atoms with Gasteiger partial charge >= 0.3 is 0 Å². The van der Waals surface area contributed by atoms with Crippen LogP contribution in [0.1, 0.15) is 23.3 Å². The molecule has 2 rings (SSSR count). The Hall–Kier alpha value is -2.09. The lowest BCUT2D eigenvalue weighted by atomic mass is 9.98. The third-order valence-corrected chi connectivity index (χ3v) is 2.95. The highest BCUT2D eigenvalue weighted by Crippen LogP contribution is 2.20. The van der Waals surface area contributed by atoms with Gasteiger partial charge in [0.05, 0.1) is 12.4 Å². The number of rotatable bonds is 2. The molecule has 0 saturated carbocycles. The standard InChI is InChI=1S/C12H14N4O/c1-2-9-3-5-16(6-4-9)11-8-14-10(7-15-11)12(13)17/h1,7-9H,3-6H2,(H2,13,17). The van der Waals surface area contributed by atoms with E-state index in [0.29, 0.717) is 5.92 Å². The molecule has 0 atom stereocenters. The van der Waals surface area contributed by atoms with Gasteiger partial charge in [-0.15, -0.1) is 12.3 Å². The van der Waals surface area contributed by atoms with E-state index in [1.54, 1.807) is 6.20 Å². The average molecular weight is 230 g/mol. The molecule has 1 saturated heterocycles. The second-order valence-electron chi connectivity index (χ2n) is 4.05. The van der Waals surface area contributed by atoms with Crippen LogP contribution >= 0.6 is 0 Å². The van der Waals surface area contributed by atoms with E-state index in [9.17, 15) is 4.79 Å². The van der Waals surface area contributed by atoms with Crippen LogP contribution in [0.4, 0.5) is 5.82 Å². The smallest absolute Gasteiger partial charge is 0.268 e. The first-order valence-electron chi connectivity index (χ1n) is 5.53. The summed E-state index contributed by atoms with van der Waals surface area (Å²) in [5.74, 6) is 3.35. The molecule has 5 nitrogen and oxygen atoms in total. The van der Waals surface area contributed by atoms with E-state index in [1.165, 1.54) is 6.20 Å². The molecule has 2 heterocycles. The van der Waals surface area contributed by atoms with Gasteiger partial charge in [-0.2, -0.15) is 0 Å². The summed E-state index contributed by atoms with van der Waals surface area (Å²) in [5.41, 5.74) is 5.29. The molecule has 2 N–H and O–H groups in total. The maximum Gasteiger partial charge on any atom is 0.268 e. The molecular weight excluding hydrogens is 216 g/mol. The third-order valence-electron chi connectivity index (χ3n) is 2.95. The van der Waals surface area contributed by atoms with Crippen molar-refractivity contribution in [3.05, 3.63) is 18.1 Å². The van der Waals surface area contributed by atoms with Crippen LogP contribution in [0.25, 0.3) is 0 Å². The topological polar surface area (TPSA) is 72.1 Å². The molecule has 0 bridgehead atoms. The van der Waals surface area contributed by atoms with E-state index in [0.717, 1.165) is 31.7 Å². The maximum absolute atomic E-state index is 10.9. The molecule has 1 amide bonds. The van der Waals surface area contributed by atoms with Gasteiger partial charge in [0.2, 0.25) is 0 Å². The highest BCUT2D eigenvalue weighted by atomic mass is 16.1. The summed E-state index contributed by atoms with van der Waals surface area (Å²) in [7, 11) is 0. The molecule has 1 aromatic heterocycles. The number of hydrogen-bond acceptors (Lipinski definition) is 4. The van der Waals surface area contributed by atoms with E-state index in [-0.39, 0.29) is 5.69 Å². The Labute approximate surface area is 100 Å². The summed E-state index contributed by atoms with van der Waals surface area (Å²) in [4.78, 5) is 21.1. The number of amides is 1. The van der Waals surface area contributed by atoms with Crippen LogP contribution in [-0.4, -0.2) is 29.0 Å². The number of carbonyl (C=O) groups is 1. The summed E-state index contributed by atoms with van der Waals surface area (Å²) in [6.45, 7) is 1.75. The molecule has 0 unspecified atom stereocenters. The van der Waals surface area contributed by atoms with Gasteiger partial charge in [-0.05, 0) is 12.8 Å². The Morgan fingerprint density at radius 2 is 2.12 bits per heavy atom. The number of terminal acetylenes is 1. The monoisotopic (exact) mass is 230 g/mol. The first-order valence-corrected chi connectivity index (χ1v) is 5.53. The normalized spacial score (nSPS) is 16.5. The first kappa shape index (κ1) is 11.4. The number of anilines is 1. The quantitative estimate of drug-likeness (QED) is 0.748. The van der Waals surface area contributed by atoms with Crippen LogP contribution in [-0.2, 0) is 0 Å². The molecule has 88 valence electrons. The molecule has 0 radical (unpaired) electrons. The fourth-order valence-electron chi connectivity index (χ4n) is 1.89. The van der Waals surface area contributed by atoms with Crippen molar-refractivity contribution in [3.8, 4) is 12.3 Å². The minimum atomic E-state index is -0.560. The minimum absolute atomic E-state index is 0.187. The number of piperidine rings is 1. The first-order chi connectivity index (χ1) is 8.20. The molecule has 17 heavy (non-hydrogen) atoms. The van der Waals surface area contributed by atoms with E-state index in [4.69, 9.17) is 12.2 Å². The summed E-state index contributed by atoms with van der Waals surface area (Å²) in [6, 6.07) is 0. The van der Waals surface area contributed by atoms with E-state index in [1.807, 2.05) is 0 Å². The lowest BCUT2D eigenvalue weighted by Crippen LogP contribution is -2.34. The Kier molecular flexibility index (Phi) is 3.24. The van der Waals surface area contributed by atoms with Crippen LogP contribution in [0.5, 0.6) is 0 Å². The van der Waals surface area contributed by atoms with Gasteiger partial charge in [0.1, 0.15) is 11.5 Å². The summed E-state index contributed by atoms with van der Waals surface area (Å²) >= 11 is 0. The van der Waals surface area contributed by atoms with Crippen molar-refractivity contribution >= 4 is 11.7 Å². The van der Waals surface area contributed by atoms with Crippen LogP contribution in [0.15, 0.2) is 12.4 Å². The summed E-state index contributed by atoms with van der Waals surface area (Å²) in [6.07, 6.45) is 10.3. The van der Waals surface area contributed by atoms with Crippen molar-refractivity contribution in [2.75, 3.05) is 18.0 Å². The highest BCUT2D eigenvalue weighted by Gasteiger charge is 2.18. The Bertz CT molecular complexity index is 441. The largest absolute Gasteiger partial charge is 0.364 e. The van der Waals surface area contributed by atoms with Crippen LogP contribution in [0, 0.1) is 18.3 Å². The van der Waals surface area contributed by atoms with Gasteiger partial charge < -0.3 is 10.6 Å². The van der Waals surface area contributed by atoms with Crippen LogP contribution in [0.3, 0.4) is 0 Å².